The van der Waals surface area contributed by atoms with Crippen LogP contribution in [-0.2, 0) is 4.74 Å². The van der Waals surface area contributed by atoms with Crippen molar-refractivity contribution in [3.05, 3.63) is 35.5 Å². The van der Waals surface area contributed by atoms with E-state index in [4.69, 9.17) is 16.3 Å². The minimum atomic E-state index is -0.248. The number of carbonyl (C=O) groups excluding carboxylic acids is 1. The number of ether oxygens (including phenoxy) is 1. The van der Waals surface area contributed by atoms with Crippen LogP contribution in [0.4, 0.5) is 22.2 Å². The number of amides is 1. The van der Waals surface area contributed by atoms with Gasteiger partial charge >= 0.3 is 6.09 Å². The van der Waals surface area contributed by atoms with Crippen LogP contribution in [0.15, 0.2) is 30.5 Å². The second kappa shape index (κ2) is 8.66. The summed E-state index contributed by atoms with van der Waals surface area (Å²) in [6.45, 7) is 3.51. The largest absolute Gasteiger partial charge is 0.450 e. The van der Waals surface area contributed by atoms with Crippen LogP contribution in [0.2, 0.25) is 5.02 Å². The second-order valence-electron chi connectivity index (χ2n) is 5.91. The summed E-state index contributed by atoms with van der Waals surface area (Å²) in [5.74, 6) is 1.03. The molecule has 0 bridgehead atoms. The Bertz CT molecular complexity index is 752. The van der Waals surface area contributed by atoms with Crippen molar-refractivity contribution in [3.63, 3.8) is 0 Å². The van der Waals surface area contributed by atoms with E-state index in [1.165, 1.54) is 0 Å². The average Bonchev–Trinajstić information content (AvgIpc) is 2.63. The average molecular weight is 377 g/mol. The zero-order valence-electron chi connectivity index (χ0n) is 14.5. The van der Waals surface area contributed by atoms with E-state index < -0.39 is 0 Å². The van der Waals surface area contributed by atoms with Crippen LogP contribution in [-0.4, -0.2) is 51.9 Å². The van der Waals surface area contributed by atoms with Gasteiger partial charge in [0, 0.05) is 29.8 Å². The number of carbonyl (C=O) groups is 1. The molecule has 1 aliphatic heterocycles. The fourth-order valence-corrected chi connectivity index (χ4v) is 2.94. The van der Waals surface area contributed by atoms with E-state index in [0.29, 0.717) is 36.5 Å². The second-order valence-corrected chi connectivity index (χ2v) is 6.34. The minimum absolute atomic E-state index is 0.219. The van der Waals surface area contributed by atoms with Gasteiger partial charge in [-0.05, 0) is 38.0 Å². The normalized spacial score (nSPS) is 14.8. The lowest BCUT2D eigenvalue weighted by atomic mass is 10.1. The molecule has 2 aromatic rings. The smallest absolute Gasteiger partial charge is 0.409 e. The van der Waals surface area contributed by atoms with Gasteiger partial charge in [-0.2, -0.15) is 10.1 Å². The molecule has 1 saturated heterocycles. The molecule has 0 unspecified atom stereocenters. The number of hydrogen-bond donors (Lipinski definition) is 2. The number of rotatable bonds is 5. The monoisotopic (exact) mass is 376 g/mol. The molecule has 0 saturated carbocycles. The predicted molar refractivity (Wildman–Crippen MR) is 99.8 cm³/mol. The summed E-state index contributed by atoms with van der Waals surface area (Å²) < 4.78 is 5.03. The third kappa shape index (κ3) is 4.95. The zero-order valence-corrected chi connectivity index (χ0v) is 15.2. The Labute approximate surface area is 156 Å². The number of hydrogen-bond acceptors (Lipinski definition) is 7. The lowest BCUT2D eigenvalue weighted by molar-refractivity contribution is 0.0983. The van der Waals surface area contributed by atoms with Gasteiger partial charge in [0.05, 0.1) is 12.8 Å². The summed E-state index contributed by atoms with van der Waals surface area (Å²) in [4.78, 5) is 17.9. The van der Waals surface area contributed by atoms with Crippen molar-refractivity contribution in [3.8, 4) is 0 Å². The Balaban J connectivity index is 1.55. The number of nitrogens with zero attached hydrogens (tertiary/aromatic N) is 4. The quantitative estimate of drug-likeness (QED) is 0.826. The third-order valence-electron chi connectivity index (χ3n) is 4.01. The highest BCUT2D eigenvalue weighted by atomic mass is 35.5. The summed E-state index contributed by atoms with van der Waals surface area (Å²) >= 11 is 5.98. The van der Waals surface area contributed by atoms with E-state index in [0.717, 1.165) is 18.5 Å². The molecule has 26 heavy (non-hydrogen) atoms. The molecule has 3 rings (SSSR count). The van der Waals surface area contributed by atoms with Gasteiger partial charge in [-0.3, -0.25) is 0 Å². The molecule has 138 valence electrons. The van der Waals surface area contributed by atoms with Gasteiger partial charge in [0.25, 0.3) is 0 Å². The van der Waals surface area contributed by atoms with E-state index in [2.05, 4.69) is 25.8 Å². The molecule has 2 heterocycles. The summed E-state index contributed by atoms with van der Waals surface area (Å²) in [7, 11) is 0. The molecule has 8 nitrogen and oxygen atoms in total. The molecule has 1 aromatic heterocycles. The Kier molecular flexibility index (Phi) is 6.06. The molecule has 0 radical (unpaired) electrons. The molecular weight excluding hydrogens is 356 g/mol. The van der Waals surface area contributed by atoms with Crippen LogP contribution in [0, 0.1) is 0 Å². The lowest BCUT2D eigenvalue weighted by Crippen LogP contribution is -2.42. The van der Waals surface area contributed by atoms with E-state index >= 15 is 0 Å². The first kappa shape index (κ1) is 18.2. The van der Waals surface area contributed by atoms with Crippen LogP contribution in [0.25, 0.3) is 0 Å². The van der Waals surface area contributed by atoms with Gasteiger partial charge < -0.3 is 20.3 Å². The van der Waals surface area contributed by atoms with Crippen LogP contribution in [0.3, 0.4) is 0 Å². The SMILES string of the molecule is CCOC(=O)N1CCC(Nc2cnnc(Nc3cccc(Cl)c3)n2)CC1. The predicted octanol–water partition coefficient (Wildman–Crippen LogP) is 3.30. The molecule has 1 amide bonds. The first-order chi connectivity index (χ1) is 12.6. The van der Waals surface area contributed by atoms with Crippen molar-refractivity contribution in [2.24, 2.45) is 0 Å². The van der Waals surface area contributed by atoms with E-state index in [1.807, 2.05) is 19.1 Å². The van der Waals surface area contributed by atoms with E-state index in [9.17, 15) is 4.79 Å². The molecule has 1 aliphatic rings. The number of likely N-dealkylation sites (tertiary alicyclic amines) is 1. The summed E-state index contributed by atoms with van der Waals surface area (Å²) in [6.07, 6.45) is 2.98. The molecule has 9 heteroatoms. The highest BCUT2D eigenvalue weighted by molar-refractivity contribution is 6.30. The van der Waals surface area contributed by atoms with Gasteiger partial charge in [0.2, 0.25) is 5.95 Å². The van der Waals surface area contributed by atoms with Crippen LogP contribution < -0.4 is 10.6 Å². The Morgan fingerprint density at radius 3 is 2.92 bits per heavy atom. The van der Waals surface area contributed by atoms with Gasteiger partial charge in [-0.15, -0.1) is 5.10 Å². The maximum absolute atomic E-state index is 11.7. The molecule has 2 N–H and O–H groups in total. The molecular formula is C17H21ClN6O2. The first-order valence-electron chi connectivity index (χ1n) is 8.54. The van der Waals surface area contributed by atoms with Crippen LogP contribution >= 0.6 is 11.6 Å². The Morgan fingerprint density at radius 1 is 1.38 bits per heavy atom. The molecule has 1 aromatic carbocycles. The fraction of sp³-hybridized carbons (Fsp3) is 0.412. The summed E-state index contributed by atoms with van der Waals surface area (Å²) in [5, 5.41) is 15.0. The summed E-state index contributed by atoms with van der Waals surface area (Å²) in [6, 6.07) is 7.53. The van der Waals surface area contributed by atoms with Crippen molar-refractivity contribution in [2.75, 3.05) is 30.3 Å². The van der Waals surface area contributed by atoms with Crippen LogP contribution in [0.1, 0.15) is 19.8 Å². The Hall–Kier alpha value is -2.61. The van der Waals surface area contributed by atoms with Gasteiger partial charge in [-0.1, -0.05) is 17.7 Å². The number of benzene rings is 1. The summed E-state index contributed by atoms with van der Waals surface area (Å²) in [5.41, 5.74) is 0.791. The third-order valence-corrected chi connectivity index (χ3v) is 4.25. The van der Waals surface area contributed by atoms with Crippen molar-refractivity contribution >= 4 is 35.1 Å². The van der Waals surface area contributed by atoms with E-state index in [-0.39, 0.29) is 12.1 Å². The number of aromatic nitrogens is 3. The van der Waals surface area contributed by atoms with Gasteiger partial charge in [0.1, 0.15) is 0 Å². The number of halogens is 1. The van der Waals surface area contributed by atoms with Gasteiger partial charge in [-0.25, -0.2) is 4.79 Å². The Morgan fingerprint density at radius 2 is 2.19 bits per heavy atom. The number of piperidine rings is 1. The number of nitrogens with one attached hydrogen (secondary N) is 2. The van der Waals surface area contributed by atoms with Crippen molar-refractivity contribution in [1.29, 1.82) is 0 Å². The number of anilines is 3. The maximum Gasteiger partial charge on any atom is 0.409 e. The van der Waals surface area contributed by atoms with Crippen molar-refractivity contribution in [2.45, 2.75) is 25.8 Å². The molecule has 1 fully saturated rings. The van der Waals surface area contributed by atoms with Crippen molar-refractivity contribution in [1.82, 2.24) is 20.1 Å². The molecule has 0 spiro atoms. The standard InChI is InChI=1S/C17H21ClN6O2/c1-2-26-17(25)24-8-6-13(7-9-24)20-15-11-19-23-16(22-15)21-14-5-3-4-12(18)10-14/h3-5,10-11,13H,2,6-9H2,1H3,(H2,20,21,22,23). The zero-order chi connectivity index (χ0) is 18.4. The molecule has 0 atom stereocenters. The minimum Gasteiger partial charge on any atom is -0.450 e. The molecule has 0 aliphatic carbocycles. The van der Waals surface area contributed by atoms with Gasteiger partial charge in [0.15, 0.2) is 5.82 Å². The van der Waals surface area contributed by atoms with Crippen molar-refractivity contribution < 1.29 is 9.53 Å². The fourth-order valence-electron chi connectivity index (χ4n) is 2.75. The topological polar surface area (TPSA) is 92.3 Å². The highest BCUT2D eigenvalue weighted by Crippen LogP contribution is 2.19. The maximum atomic E-state index is 11.7. The highest BCUT2D eigenvalue weighted by Gasteiger charge is 2.23. The first-order valence-corrected chi connectivity index (χ1v) is 8.92. The van der Waals surface area contributed by atoms with E-state index in [1.54, 1.807) is 23.2 Å². The lowest BCUT2D eigenvalue weighted by Gasteiger charge is -2.31. The van der Waals surface area contributed by atoms with Crippen LogP contribution in [0.5, 0.6) is 0 Å².